The minimum atomic E-state index is -3.05. The highest BCUT2D eigenvalue weighted by molar-refractivity contribution is 7.89. The summed E-state index contributed by atoms with van der Waals surface area (Å²) in [6.45, 7) is 2.50. The summed E-state index contributed by atoms with van der Waals surface area (Å²) in [4.78, 5) is 0. The standard InChI is InChI=1S/C8H18N2O2S/c1-8(4-5-8)10-13(11,12)7-3-2-6-9/h10H,2-7,9H2,1H3. The molecule has 0 aromatic heterocycles. The Morgan fingerprint density at radius 1 is 1.38 bits per heavy atom. The number of nitrogens with two attached hydrogens (primary N) is 1. The molecule has 1 aliphatic carbocycles. The van der Waals surface area contributed by atoms with Crippen LogP contribution in [-0.2, 0) is 10.0 Å². The van der Waals surface area contributed by atoms with Crippen molar-refractivity contribution in [3.63, 3.8) is 0 Å². The number of hydrogen-bond donors (Lipinski definition) is 2. The van der Waals surface area contributed by atoms with Gasteiger partial charge in [0.25, 0.3) is 0 Å². The molecule has 0 atom stereocenters. The van der Waals surface area contributed by atoms with Crippen molar-refractivity contribution in [1.29, 1.82) is 0 Å². The monoisotopic (exact) mass is 206 g/mol. The highest BCUT2D eigenvalue weighted by Crippen LogP contribution is 2.35. The first-order valence-electron chi connectivity index (χ1n) is 4.69. The molecular formula is C8H18N2O2S. The van der Waals surface area contributed by atoms with E-state index in [2.05, 4.69) is 4.72 Å². The zero-order valence-electron chi connectivity index (χ0n) is 8.04. The number of sulfonamides is 1. The maximum Gasteiger partial charge on any atom is 0.212 e. The molecule has 5 heteroatoms. The van der Waals surface area contributed by atoms with Crippen LogP contribution in [0.25, 0.3) is 0 Å². The van der Waals surface area contributed by atoms with Crippen LogP contribution in [0.3, 0.4) is 0 Å². The van der Waals surface area contributed by atoms with Gasteiger partial charge in [0.15, 0.2) is 0 Å². The van der Waals surface area contributed by atoms with E-state index in [1.54, 1.807) is 0 Å². The van der Waals surface area contributed by atoms with Gasteiger partial charge in [-0.2, -0.15) is 0 Å². The molecule has 0 unspecified atom stereocenters. The average molecular weight is 206 g/mol. The lowest BCUT2D eigenvalue weighted by Crippen LogP contribution is -2.36. The average Bonchev–Trinajstić information content (AvgIpc) is 2.66. The summed E-state index contributed by atoms with van der Waals surface area (Å²) in [7, 11) is -3.05. The SMILES string of the molecule is CC1(NS(=O)(=O)CCCCN)CC1. The maximum absolute atomic E-state index is 11.4. The van der Waals surface area contributed by atoms with Crippen LogP contribution >= 0.6 is 0 Å². The second kappa shape index (κ2) is 3.94. The lowest BCUT2D eigenvalue weighted by atomic mass is 10.3. The van der Waals surface area contributed by atoms with Crippen LogP contribution in [0.4, 0.5) is 0 Å². The normalized spacial score (nSPS) is 20.2. The quantitative estimate of drug-likeness (QED) is 0.610. The molecule has 1 aliphatic rings. The molecule has 3 N–H and O–H groups in total. The van der Waals surface area contributed by atoms with E-state index in [4.69, 9.17) is 5.73 Å². The van der Waals surface area contributed by atoms with Gasteiger partial charge in [0.2, 0.25) is 10.0 Å². The third kappa shape index (κ3) is 4.06. The van der Waals surface area contributed by atoms with Crippen molar-refractivity contribution < 1.29 is 8.42 Å². The van der Waals surface area contributed by atoms with Crippen LogP contribution in [-0.4, -0.2) is 26.3 Å². The number of nitrogens with one attached hydrogen (secondary N) is 1. The van der Waals surface area contributed by atoms with Crippen molar-refractivity contribution in [2.24, 2.45) is 5.73 Å². The third-order valence-corrected chi connectivity index (χ3v) is 3.90. The molecule has 1 rings (SSSR count). The Kier molecular flexibility index (Phi) is 3.32. The van der Waals surface area contributed by atoms with Crippen molar-refractivity contribution in [3.8, 4) is 0 Å². The van der Waals surface area contributed by atoms with Crippen molar-refractivity contribution in [2.45, 2.75) is 38.1 Å². The smallest absolute Gasteiger partial charge is 0.212 e. The summed E-state index contributed by atoms with van der Waals surface area (Å²) in [6, 6.07) is 0. The summed E-state index contributed by atoms with van der Waals surface area (Å²) < 4.78 is 25.5. The predicted octanol–water partition coefficient (Wildman–Crippen LogP) is 0.197. The fourth-order valence-corrected chi connectivity index (χ4v) is 2.79. The lowest BCUT2D eigenvalue weighted by Gasteiger charge is -2.11. The second-order valence-electron chi connectivity index (χ2n) is 3.98. The zero-order chi connectivity index (χ0) is 9.95. The fraction of sp³-hybridized carbons (Fsp3) is 1.00. The highest BCUT2D eigenvalue weighted by Gasteiger charge is 2.40. The summed E-state index contributed by atoms with van der Waals surface area (Å²) in [5, 5.41) is 0. The van der Waals surface area contributed by atoms with Gasteiger partial charge in [-0.25, -0.2) is 13.1 Å². The molecule has 4 nitrogen and oxygen atoms in total. The Morgan fingerprint density at radius 2 is 2.00 bits per heavy atom. The molecule has 0 spiro atoms. The molecule has 0 aromatic rings. The van der Waals surface area contributed by atoms with Gasteiger partial charge in [-0.3, -0.25) is 0 Å². The van der Waals surface area contributed by atoms with E-state index < -0.39 is 10.0 Å². The molecule has 0 saturated heterocycles. The van der Waals surface area contributed by atoms with E-state index in [1.807, 2.05) is 6.92 Å². The molecule has 0 radical (unpaired) electrons. The molecule has 0 amide bonds. The third-order valence-electron chi connectivity index (χ3n) is 2.27. The Balaban J connectivity index is 2.29. The van der Waals surface area contributed by atoms with Gasteiger partial charge in [-0.15, -0.1) is 0 Å². The predicted molar refractivity (Wildman–Crippen MR) is 52.8 cm³/mol. The number of hydrogen-bond acceptors (Lipinski definition) is 3. The van der Waals surface area contributed by atoms with E-state index >= 15 is 0 Å². The molecule has 0 aromatic carbocycles. The van der Waals surface area contributed by atoms with E-state index in [0.29, 0.717) is 13.0 Å². The first-order valence-corrected chi connectivity index (χ1v) is 6.34. The highest BCUT2D eigenvalue weighted by atomic mass is 32.2. The molecule has 13 heavy (non-hydrogen) atoms. The van der Waals surface area contributed by atoms with Gasteiger partial charge < -0.3 is 5.73 Å². The second-order valence-corrected chi connectivity index (χ2v) is 5.82. The Hall–Kier alpha value is -0.130. The molecule has 78 valence electrons. The Morgan fingerprint density at radius 3 is 2.46 bits per heavy atom. The largest absolute Gasteiger partial charge is 0.330 e. The summed E-state index contributed by atoms with van der Waals surface area (Å²) in [5.41, 5.74) is 5.14. The Bertz CT molecular complexity index is 257. The van der Waals surface area contributed by atoms with Crippen LogP contribution in [0.5, 0.6) is 0 Å². The van der Waals surface area contributed by atoms with E-state index in [-0.39, 0.29) is 11.3 Å². The van der Waals surface area contributed by atoms with Crippen molar-refractivity contribution in [2.75, 3.05) is 12.3 Å². The van der Waals surface area contributed by atoms with Crippen LogP contribution in [0.2, 0.25) is 0 Å². The summed E-state index contributed by atoms with van der Waals surface area (Å²) in [5.74, 6) is 0.208. The van der Waals surface area contributed by atoms with Gasteiger partial charge in [0.1, 0.15) is 0 Å². The first-order chi connectivity index (χ1) is 5.97. The van der Waals surface area contributed by atoms with Crippen molar-refractivity contribution in [1.82, 2.24) is 4.72 Å². The molecular weight excluding hydrogens is 188 g/mol. The van der Waals surface area contributed by atoms with Gasteiger partial charge in [0, 0.05) is 5.54 Å². The zero-order valence-corrected chi connectivity index (χ0v) is 8.86. The fourth-order valence-electron chi connectivity index (χ4n) is 1.15. The minimum absolute atomic E-state index is 0.137. The molecule has 1 fully saturated rings. The van der Waals surface area contributed by atoms with Crippen molar-refractivity contribution in [3.05, 3.63) is 0 Å². The first kappa shape index (κ1) is 10.9. The maximum atomic E-state index is 11.4. The van der Waals surface area contributed by atoms with E-state index in [1.165, 1.54) is 0 Å². The van der Waals surface area contributed by atoms with Crippen LogP contribution in [0.1, 0.15) is 32.6 Å². The van der Waals surface area contributed by atoms with E-state index in [0.717, 1.165) is 19.3 Å². The van der Waals surface area contributed by atoms with Gasteiger partial charge >= 0.3 is 0 Å². The lowest BCUT2D eigenvalue weighted by molar-refractivity contribution is 0.554. The summed E-state index contributed by atoms with van der Waals surface area (Å²) >= 11 is 0. The molecule has 0 heterocycles. The van der Waals surface area contributed by atoms with Crippen LogP contribution in [0, 0.1) is 0 Å². The number of rotatable bonds is 6. The van der Waals surface area contributed by atoms with Gasteiger partial charge in [0.05, 0.1) is 5.75 Å². The van der Waals surface area contributed by atoms with Crippen LogP contribution in [0.15, 0.2) is 0 Å². The molecule has 0 aliphatic heterocycles. The summed E-state index contributed by atoms with van der Waals surface area (Å²) in [6.07, 6.45) is 3.35. The topological polar surface area (TPSA) is 72.2 Å². The molecule has 1 saturated carbocycles. The van der Waals surface area contributed by atoms with E-state index in [9.17, 15) is 8.42 Å². The van der Waals surface area contributed by atoms with Crippen LogP contribution < -0.4 is 10.5 Å². The minimum Gasteiger partial charge on any atom is -0.330 e. The molecule has 0 bridgehead atoms. The van der Waals surface area contributed by atoms with Gasteiger partial charge in [-0.05, 0) is 39.2 Å². The number of unbranched alkanes of at least 4 members (excludes halogenated alkanes) is 1. The Labute approximate surface area is 79.9 Å². The van der Waals surface area contributed by atoms with Crippen molar-refractivity contribution >= 4 is 10.0 Å². The van der Waals surface area contributed by atoms with Gasteiger partial charge in [-0.1, -0.05) is 0 Å².